The van der Waals surface area contributed by atoms with E-state index >= 15 is 0 Å². The van der Waals surface area contributed by atoms with E-state index < -0.39 is 5.82 Å². The lowest BCUT2D eigenvalue weighted by atomic mass is 10.2. The second kappa shape index (κ2) is 5.35. The first-order valence-electron chi connectivity index (χ1n) is 5.33. The summed E-state index contributed by atoms with van der Waals surface area (Å²) in [4.78, 5) is 4.23. The standard InChI is InChI=1S/C13H12BrFN2O/c1-8-5-9(14)7-16-13(8)17-10-3-4-12(18-2)11(15)6-10/h3-7H,1-2H3,(H,16,17). The smallest absolute Gasteiger partial charge is 0.167 e. The molecule has 1 aromatic heterocycles. The number of ether oxygens (including phenoxy) is 1. The second-order valence-corrected chi connectivity index (χ2v) is 4.71. The maximum Gasteiger partial charge on any atom is 0.167 e. The highest BCUT2D eigenvalue weighted by Gasteiger charge is 2.05. The first-order valence-corrected chi connectivity index (χ1v) is 6.12. The molecule has 0 spiro atoms. The fourth-order valence-electron chi connectivity index (χ4n) is 1.55. The number of aryl methyl sites for hydroxylation is 1. The summed E-state index contributed by atoms with van der Waals surface area (Å²) in [5.41, 5.74) is 1.60. The van der Waals surface area contributed by atoms with Crippen molar-refractivity contribution in [1.82, 2.24) is 4.98 Å². The lowest BCUT2D eigenvalue weighted by Gasteiger charge is -2.10. The van der Waals surface area contributed by atoms with Crippen molar-refractivity contribution in [3.63, 3.8) is 0 Å². The summed E-state index contributed by atoms with van der Waals surface area (Å²) < 4.78 is 19.3. The number of nitrogens with one attached hydrogen (secondary N) is 1. The Morgan fingerprint density at radius 1 is 1.33 bits per heavy atom. The van der Waals surface area contributed by atoms with Gasteiger partial charge in [0, 0.05) is 22.4 Å². The zero-order chi connectivity index (χ0) is 13.1. The Morgan fingerprint density at radius 3 is 2.72 bits per heavy atom. The van der Waals surface area contributed by atoms with Crippen LogP contribution in [0.1, 0.15) is 5.56 Å². The summed E-state index contributed by atoms with van der Waals surface area (Å²) in [7, 11) is 1.44. The Labute approximate surface area is 113 Å². The molecule has 18 heavy (non-hydrogen) atoms. The van der Waals surface area contributed by atoms with E-state index in [0.717, 1.165) is 10.0 Å². The molecule has 0 fully saturated rings. The third kappa shape index (κ3) is 2.79. The highest BCUT2D eigenvalue weighted by Crippen LogP contribution is 2.25. The quantitative estimate of drug-likeness (QED) is 0.929. The van der Waals surface area contributed by atoms with Gasteiger partial charge in [-0.1, -0.05) is 0 Å². The van der Waals surface area contributed by atoms with Crippen LogP contribution < -0.4 is 10.1 Å². The molecule has 0 amide bonds. The summed E-state index contributed by atoms with van der Waals surface area (Å²) >= 11 is 3.35. The van der Waals surface area contributed by atoms with E-state index in [9.17, 15) is 4.39 Å². The minimum Gasteiger partial charge on any atom is -0.494 e. The molecule has 0 unspecified atom stereocenters. The molecule has 5 heteroatoms. The van der Waals surface area contributed by atoms with Gasteiger partial charge in [-0.3, -0.25) is 0 Å². The van der Waals surface area contributed by atoms with Gasteiger partial charge in [-0.15, -0.1) is 0 Å². The first kappa shape index (κ1) is 12.8. The van der Waals surface area contributed by atoms with Gasteiger partial charge in [0.15, 0.2) is 11.6 Å². The molecule has 0 saturated carbocycles. The van der Waals surface area contributed by atoms with Crippen LogP contribution in [0.15, 0.2) is 34.9 Å². The number of aromatic nitrogens is 1. The largest absolute Gasteiger partial charge is 0.494 e. The van der Waals surface area contributed by atoms with Gasteiger partial charge < -0.3 is 10.1 Å². The minimum absolute atomic E-state index is 0.223. The Hall–Kier alpha value is -1.62. The summed E-state index contributed by atoms with van der Waals surface area (Å²) in [6.45, 7) is 1.93. The highest BCUT2D eigenvalue weighted by atomic mass is 79.9. The molecule has 1 aromatic carbocycles. The van der Waals surface area contributed by atoms with E-state index in [0.29, 0.717) is 11.5 Å². The molecule has 2 aromatic rings. The monoisotopic (exact) mass is 310 g/mol. The Morgan fingerprint density at radius 2 is 2.11 bits per heavy atom. The van der Waals surface area contributed by atoms with Gasteiger partial charge in [-0.05, 0) is 46.6 Å². The van der Waals surface area contributed by atoms with Gasteiger partial charge in [0.25, 0.3) is 0 Å². The number of rotatable bonds is 3. The van der Waals surface area contributed by atoms with Crippen molar-refractivity contribution < 1.29 is 9.13 Å². The van der Waals surface area contributed by atoms with Crippen molar-refractivity contribution in [2.24, 2.45) is 0 Å². The number of anilines is 2. The van der Waals surface area contributed by atoms with Gasteiger partial charge in [0.05, 0.1) is 7.11 Å². The van der Waals surface area contributed by atoms with Gasteiger partial charge in [0.1, 0.15) is 5.82 Å². The maximum atomic E-state index is 13.5. The fourth-order valence-corrected chi connectivity index (χ4v) is 2.00. The molecule has 0 aliphatic heterocycles. The number of pyridine rings is 1. The molecule has 3 nitrogen and oxygen atoms in total. The van der Waals surface area contributed by atoms with Crippen LogP contribution >= 0.6 is 15.9 Å². The zero-order valence-electron chi connectivity index (χ0n) is 10.00. The molecular formula is C13H12BrFN2O. The molecule has 2 rings (SSSR count). The summed E-state index contributed by atoms with van der Waals surface area (Å²) in [6, 6.07) is 6.63. The second-order valence-electron chi connectivity index (χ2n) is 3.79. The molecule has 0 atom stereocenters. The molecular weight excluding hydrogens is 299 g/mol. The number of hydrogen-bond donors (Lipinski definition) is 1. The van der Waals surface area contributed by atoms with Crippen LogP contribution in [0.5, 0.6) is 5.75 Å². The lowest BCUT2D eigenvalue weighted by molar-refractivity contribution is 0.386. The van der Waals surface area contributed by atoms with Gasteiger partial charge in [0.2, 0.25) is 0 Å². The molecule has 1 N–H and O–H groups in total. The molecule has 0 radical (unpaired) electrons. The summed E-state index contributed by atoms with van der Waals surface area (Å²) in [5.74, 6) is 0.515. The van der Waals surface area contributed by atoms with E-state index in [1.54, 1.807) is 18.3 Å². The normalized spacial score (nSPS) is 10.2. The average Bonchev–Trinajstić information content (AvgIpc) is 2.33. The topological polar surface area (TPSA) is 34.1 Å². The maximum absolute atomic E-state index is 13.5. The van der Waals surface area contributed by atoms with E-state index in [-0.39, 0.29) is 5.75 Å². The van der Waals surface area contributed by atoms with E-state index in [1.807, 2.05) is 13.0 Å². The van der Waals surface area contributed by atoms with E-state index in [4.69, 9.17) is 4.74 Å². The molecule has 94 valence electrons. The zero-order valence-corrected chi connectivity index (χ0v) is 11.6. The Bertz CT molecular complexity index is 575. The number of benzene rings is 1. The van der Waals surface area contributed by atoms with Crippen molar-refractivity contribution in [3.05, 3.63) is 46.3 Å². The van der Waals surface area contributed by atoms with Crippen LogP contribution in [0, 0.1) is 12.7 Å². The summed E-state index contributed by atoms with van der Waals surface area (Å²) in [5, 5.41) is 3.06. The van der Waals surface area contributed by atoms with Crippen LogP contribution in [0.4, 0.5) is 15.9 Å². The predicted molar refractivity (Wildman–Crippen MR) is 72.9 cm³/mol. The fraction of sp³-hybridized carbons (Fsp3) is 0.154. The minimum atomic E-state index is -0.405. The van der Waals surface area contributed by atoms with Crippen LogP contribution in [0.2, 0.25) is 0 Å². The predicted octanol–water partition coefficient (Wildman–Crippen LogP) is 4.04. The van der Waals surface area contributed by atoms with Crippen LogP contribution in [0.25, 0.3) is 0 Å². The van der Waals surface area contributed by atoms with Gasteiger partial charge >= 0.3 is 0 Å². The Kier molecular flexibility index (Phi) is 3.81. The Balaban J connectivity index is 2.26. The van der Waals surface area contributed by atoms with Crippen molar-refractivity contribution in [2.45, 2.75) is 6.92 Å². The number of nitrogens with zero attached hydrogens (tertiary/aromatic N) is 1. The first-order chi connectivity index (χ1) is 8.60. The van der Waals surface area contributed by atoms with Crippen LogP contribution in [-0.2, 0) is 0 Å². The third-order valence-electron chi connectivity index (χ3n) is 2.46. The molecule has 0 aliphatic carbocycles. The van der Waals surface area contributed by atoms with Crippen LogP contribution in [-0.4, -0.2) is 12.1 Å². The molecule has 1 heterocycles. The van der Waals surface area contributed by atoms with Crippen LogP contribution in [0.3, 0.4) is 0 Å². The van der Waals surface area contributed by atoms with Gasteiger partial charge in [-0.2, -0.15) is 0 Å². The van der Waals surface area contributed by atoms with E-state index in [1.165, 1.54) is 13.2 Å². The van der Waals surface area contributed by atoms with Crippen molar-refractivity contribution >= 4 is 27.4 Å². The number of methoxy groups -OCH3 is 1. The average molecular weight is 311 g/mol. The SMILES string of the molecule is COc1ccc(Nc2ncc(Br)cc2C)cc1F. The van der Waals surface area contributed by atoms with Crippen molar-refractivity contribution in [1.29, 1.82) is 0 Å². The van der Waals surface area contributed by atoms with Crippen molar-refractivity contribution in [3.8, 4) is 5.75 Å². The highest BCUT2D eigenvalue weighted by molar-refractivity contribution is 9.10. The molecule has 0 bridgehead atoms. The number of halogens is 2. The lowest BCUT2D eigenvalue weighted by Crippen LogP contribution is -1.97. The van der Waals surface area contributed by atoms with E-state index in [2.05, 4.69) is 26.2 Å². The summed E-state index contributed by atoms with van der Waals surface area (Å²) in [6.07, 6.45) is 1.69. The molecule has 0 aliphatic rings. The number of hydrogen-bond acceptors (Lipinski definition) is 3. The van der Waals surface area contributed by atoms with Gasteiger partial charge in [-0.25, -0.2) is 9.37 Å². The van der Waals surface area contributed by atoms with Crippen molar-refractivity contribution in [2.75, 3.05) is 12.4 Å². The third-order valence-corrected chi connectivity index (χ3v) is 2.89. The molecule has 0 saturated heterocycles.